The van der Waals surface area contributed by atoms with Crippen molar-refractivity contribution in [3.05, 3.63) is 76.5 Å². The van der Waals surface area contributed by atoms with Gasteiger partial charge in [-0.15, -0.1) is 11.3 Å². The first-order valence-electron chi connectivity index (χ1n) is 9.82. The molecule has 156 valence electrons. The minimum absolute atomic E-state index is 0.243. The van der Waals surface area contributed by atoms with Gasteiger partial charge in [0.05, 0.1) is 11.4 Å². The number of carbonyl (C=O) groups excluding carboxylic acids is 2. The molecule has 0 N–H and O–H groups in total. The topological polar surface area (TPSA) is 64.4 Å². The normalized spacial score (nSPS) is 12.9. The molecule has 0 fully saturated rings. The van der Waals surface area contributed by atoms with E-state index in [9.17, 15) is 14.0 Å². The maximum Gasteiger partial charge on any atom is 0.348 e. The molecule has 0 radical (unpaired) electrons. The number of benzene rings is 2. The van der Waals surface area contributed by atoms with Crippen LogP contribution in [-0.2, 0) is 16.0 Å². The van der Waals surface area contributed by atoms with Crippen LogP contribution in [0.4, 0.5) is 10.1 Å². The molecule has 3 heterocycles. The predicted molar refractivity (Wildman–Crippen MR) is 116 cm³/mol. The van der Waals surface area contributed by atoms with Gasteiger partial charge < -0.3 is 9.64 Å². The second-order valence-corrected chi connectivity index (χ2v) is 8.33. The molecule has 0 aliphatic carbocycles. The Morgan fingerprint density at radius 1 is 1.16 bits per heavy atom. The van der Waals surface area contributed by atoms with Gasteiger partial charge in [0.15, 0.2) is 6.61 Å². The smallest absolute Gasteiger partial charge is 0.348 e. The summed E-state index contributed by atoms with van der Waals surface area (Å²) in [6.45, 7) is 2.12. The molecule has 2 aromatic carbocycles. The summed E-state index contributed by atoms with van der Waals surface area (Å²) < 4.78 is 20.3. The third kappa shape index (κ3) is 3.48. The summed E-state index contributed by atoms with van der Waals surface area (Å²) in [6, 6.07) is 15.4. The quantitative estimate of drug-likeness (QED) is 0.449. The van der Waals surface area contributed by atoms with Crippen LogP contribution in [0.15, 0.2) is 54.6 Å². The van der Waals surface area contributed by atoms with Crippen LogP contribution >= 0.6 is 11.3 Å². The summed E-state index contributed by atoms with van der Waals surface area (Å²) in [5, 5.41) is 5.31. The standard InChI is InChI=1S/C23H18FN3O3S/c1-14-18-12-20(31-22(18)27(25-14)17-8-6-16(24)7-9-17)23(29)30-13-21(28)26-11-10-15-4-2-3-5-19(15)26/h2-9,12H,10-11,13H2,1H3. The number of hydrogen-bond donors (Lipinski definition) is 0. The van der Waals surface area contributed by atoms with Crippen molar-refractivity contribution in [2.45, 2.75) is 13.3 Å². The van der Waals surface area contributed by atoms with Gasteiger partial charge in [0, 0.05) is 17.6 Å². The summed E-state index contributed by atoms with van der Waals surface area (Å²) >= 11 is 1.23. The van der Waals surface area contributed by atoms with E-state index in [-0.39, 0.29) is 18.3 Å². The Hall–Kier alpha value is -3.52. The lowest BCUT2D eigenvalue weighted by molar-refractivity contribution is -0.121. The Morgan fingerprint density at radius 2 is 1.94 bits per heavy atom. The van der Waals surface area contributed by atoms with E-state index in [1.165, 1.54) is 23.5 Å². The minimum atomic E-state index is -0.549. The van der Waals surface area contributed by atoms with Gasteiger partial charge in [-0.05, 0) is 55.3 Å². The molecule has 31 heavy (non-hydrogen) atoms. The first kappa shape index (κ1) is 19.4. The minimum Gasteiger partial charge on any atom is -0.451 e. The molecular formula is C23H18FN3O3S. The third-order valence-corrected chi connectivity index (χ3v) is 6.42. The second-order valence-electron chi connectivity index (χ2n) is 7.30. The Kier molecular flexibility index (Phi) is 4.78. The third-order valence-electron chi connectivity index (χ3n) is 5.33. The lowest BCUT2D eigenvalue weighted by atomic mass is 10.2. The summed E-state index contributed by atoms with van der Waals surface area (Å²) in [7, 11) is 0. The number of ether oxygens (including phenoxy) is 1. The Labute approximate surface area is 181 Å². The number of carbonyl (C=O) groups is 2. The van der Waals surface area contributed by atoms with Crippen molar-refractivity contribution in [3.8, 4) is 5.69 Å². The first-order valence-corrected chi connectivity index (χ1v) is 10.6. The van der Waals surface area contributed by atoms with Crippen LogP contribution < -0.4 is 4.90 Å². The number of hydrogen-bond acceptors (Lipinski definition) is 5. The largest absolute Gasteiger partial charge is 0.451 e. The van der Waals surface area contributed by atoms with Gasteiger partial charge in [0.2, 0.25) is 0 Å². The van der Waals surface area contributed by atoms with E-state index in [1.807, 2.05) is 31.2 Å². The fraction of sp³-hybridized carbons (Fsp3) is 0.174. The Balaban J connectivity index is 1.33. The molecule has 8 heteroatoms. The average Bonchev–Trinajstić information content (AvgIpc) is 3.47. The van der Waals surface area contributed by atoms with Crippen molar-refractivity contribution in [1.82, 2.24) is 9.78 Å². The molecule has 0 bridgehead atoms. The van der Waals surface area contributed by atoms with Gasteiger partial charge in [-0.3, -0.25) is 4.79 Å². The zero-order valence-corrected chi connectivity index (χ0v) is 17.5. The van der Waals surface area contributed by atoms with Crippen molar-refractivity contribution in [3.63, 3.8) is 0 Å². The molecule has 0 unspecified atom stereocenters. The SMILES string of the molecule is Cc1nn(-c2ccc(F)cc2)c2sc(C(=O)OCC(=O)N3CCc4ccccc43)cc12. The summed E-state index contributed by atoms with van der Waals surface area (Å²) in [5.41, 5.74) is 3.44. The average molecular weight is 435 g/mol. The van der Waals surface area contributed by atoms with Gasteiger partial charge in [0.1, 0.15) is 15.5 Å². The number of para-hydroxylation sites is 1. The van der Waals surface area contributed by atoms with Crippen molar-refractivity contribution < 1.29 is 18.7 Å². The fourth-order valence-electron chi connectivity index (χ4n) is 3.78. The van der Waals surface area contributed by atoms with E-state index < -0.39 is 5.97 Å². The predicted octanol–water partition coefficient (Wildman–Crippen LogP) is 4.28. The molecule has 1 aliphatic rings. The monoisotopic (exact) mass is 435 g/mol. The highest BCUT2D eigenvalue weighted by atomic mass is 32.1. The molecule has 5 rings (SSSR count). The molecule has 6 nitrogen and oxygen atoms in total. The van der Waals surface area contributed by atoms with E-state index in [0.29, 0.717) is 17.1 Å². The van der Waals surface area contributed by atoms with Gasteiger partial charge in [-0.2, -0.15) is 5.10 Å². The van der Waals surface area contributed by atoms with Gasteiger partial charge in [-0.1, -0.05) is 18.2 Å². The number of esters is 1. The number of amides is 1. The molecule has 1 amide bonds. The number of thiophene rings is 1. The maximum absolute atomic E-state index is 13.3. The highest BCUT2D eigenvalue weighted by Crippen LogP contribution is 2.31. The van der Waals surface area contributed by atoms with Crippen LogP contribution in [0.1, 0.15) is 20.9 Å². The molecular weight excluding hydrogens is 417 g/mol. The number of fused-ring (bicyclic) bond motifs is 2. The maximum atomic E-state index is 13.3. The molecule has 1 aliphatic heterocycles. The molecule has 2 aromatic heterocycles. The number of aromatic nitrogens is 2. The van der Waals surface area contributed by atoms with Crippen molar-refractivity contribution >= 4 is 39.1 Å². The number of anilines is 1. The lowest BCUT2D eigenvalue weighted by Gasteiger charge is -2.16. The number of halogens is 1. The second kappa shape index (κ2) is 7.63. The summed E-state index contributed by atoms with van der Waals surface area (Å²) in [5.74, 6) is -1.12. The van der Waals surface area contributed by atoms with Crippen molar-refractivity contribution in [2.24, 2.45) is 0 Å². The van der Waals surface area contributed by atoms with Gasteiger partial charge in [-0.25, -0.2) is 13.9 Å². The van der Waals surface area contributed by atoms with Crippen LogP contribution in [0.2, 0.25) is 0 Å². The number of aryl methyl sites for hydroxylation is 1. The fourth-order valence-corrected chi connectivity index (χ4v) is 4.86. The van der Waals surface area contributed by atoms with E-state index in [4.69, 9.17) is 4.74 Å². The van der Waals surface area contributed by atoms with Crippen LogP contribution in [0.5, 0.6) is 0 Å². The zero-order valence-electron chi connectivity index (χ0n) is 16.7. The van der Waals surface area contributed by atoms with Crippen LogP contribution in [-0.4, -0.2) is 34.8 Å². The Bertz CT molecular complexity index is 1310. The molecule has 0 saturated carbocycles. The molecule has 0 atom stereocenters. The number of nitrogens with zero attached hydrogens (tertiary/aromatic N) is 3. The van der Waals surface area contributed by atoms with E-state index >= 15 is 0 Å². The van der Waals surface area contributed by atoms with E-state index in [1.54, 1.807) is 27.8 Å². The van der Waals surface area contributed by atoms with Crippen LogP contribution in [0.3, 0.4) is 0 Å². The lowest BCUT2D eigenvalue weighted by Crippen LogP contribution is -2.33. The Morgan fingerprint density at radius 3 is 2.74 bits per heavy atom. The van der Waals surface area contributed by atoms with Crippen LogP contribution in [0, 0.1) is 12.7 Å². The summed E-state index contributed by atoms with van der Waals surface area (Å²) in [4.78, 5) is 28.0. The first-order chi connectivity index (χ1) is 15.0. The van der Waals surface area contributed by atoms with Crippen molar-refractivity contribution in [2.75, 3.05) is 18.1 Å². The number of rotatable bonds is 4. The highest BCUT2D eigenvalue weighted by molar-refractivity contribution is 7.20. The highest BCUT2D eigenvalue weighted by Gasteiger charge is 2.25. The molecule has 0 spiro atoms. The van der Waals surface area contributed by atoms with Gasteiger partial charge in [0.25, 0.3) is 5.91 Å². The van der Waals surface area contributed by atoms with Crippen LogP contribution in [0.25, 0.3) is 15.9 Å². The van der Waals surface area contributed by atoms with Gasteiger partial charge >= 0.3 is 5.97 Å². The van der Waals surface area contributed by atoms with E-state index in [2.05, 4.69) is 5.10 Å². The molecule has 4 aromatic rings. The zero-order chi connectivity index (χ0) is 21.5. The summed E-state index contributed by atoms with van der Waals surface area (Å²) in [6.07, 6.45) is 0.797. The molecule has 0 saturated heterocycles. The van der Waals surface area contributed by atoms with Crippen molar-refractivity contribution in [1.29, 1.82) is 0 Å². The van der Waals surface area contributed by atoms with E-state index in [0.717, 1.165) is 33.6 Å².